The van der Waals surface area contributed by atoms with E-state index in [4.69, 9.17) is 4.74 Å². The van der Waals surface area contributed by atoms with Crippen LogP contribution in [0.3, 0.4) is 0 Å². The molecule has 0 bridgehead atoms. The van der Waals surface area contributed by atoms with Gasteiger partial charge in [0.25, 0.3) is 0 Å². The van der Waals surface area contributed by atoms with E-state index in [2.05, 4.69) is 10.6 Å². The number of benzene rings is 1. The standard InChI is InChI=1S/C19H25FN2O3/c1-2-13(12-25-16-7-4-3-6-15(16)20)21-17(23)19(10-5-11-19)18(24)22-14-8-9-14/h3-4,6-7,13-14H,2,5,8-12H2,1H3,(H,21,23)(H,22,24). The molecule has 2 aliphatic carbocycles. The summed E-state index contributed by atoms with van der Waals surface area (Å²) >= 11 is 0. The number of ether oxygens (including phenoxy) is 1. The summed E-state index contributed by atoms with van der Waals surface area (Å²) in [5, 5.41) is 5.88. The van der Waals surface area contributed by atoms with Crippen molar-refractivity contribution >= 4 is 11.8 Å². The predicted octanol–water partition coefficient (Wildman–Crippen LogP) is 2.55. The Balaban J connectivity index is 1.57. The van der Waals surface area contributed by atoms with Gasteiger partial charge in [0.15, 0.2) is 11.6 Å². The van der Waals surface area contributed by atoms with Crippen molar-refractivity contribution in [3.63, 3.8) is 0 Å². The van der Waals surface area contributed by atoms with Crippen LogP contribution in [-0.2, 0) is 9.59 Å². The summed E-state index contributed by atoms with van der Waals surface area (Å²) in [4.78, 5) is 25.2. The van der Waals surface area contributed by atoms with Gasteiger partial charge < -0.3 is 15.4 Å². The Hall–Kier alpha value is -2.11. The molecule has 2 N–H and O–H groups in total. The van der Waals surface area contributed by atoms with Gasteiger partial charge in [-0.2, -0.15) is 0 Å². The largest absolute Gasteiger partial charge is 0.488 e. The van der Waals surface area contributed by atoms with Gasteiger partial charge >= 0.3 is 0 Å². The lowest BCUT2D eigenvalue weighted by Gasteiger charge is -2.39. The molecule has 1 atom stereocenters. The summed E-state index contributed by atoms with van der Waals surface area (Å²) in [5.74, 6) is -0.646. The summed E-state index contributed by atoms with van der Waals surface area (Å²) in [6, 6.07) is 6.16. The van der Waals surface area contributed by atoms with E-state index in [0.29, 0.717) is 19.3 Å². The van der Waals surface area contributed by atoms with Gasteiger partial charge in [0, 0.05) is 6.04 Å². The Bertz CT molecular complexity index is 641. The van der Waals surface area contributed by atoms with Gasteiger partial charge in [0.1, 0.15) is 12.0 Å². The van der Waals surface area contributed by atoms with Crippen LogP contribution in [0.15, 0.2) is 24.3 Å². The first-order valence-electron chi connectivity index (χ1n) is 9.04. The molecule has 0 heterocycles. The van der Waals surface area contributed by atoms with E-state index in [9.17, 15) is 14.0 Å². The third-order valence-electron chi connectivity index (χ3n) is 5.09. The molecule has 2 fully saturated rings. The highest BCUT2D eigenvalue weighted by molar-refractivity contribution is 6.06. The molecular formula is C19H25FN2O3. The fourth-order valence-electron chi connectivity index (χ4n) is 2.98. The second-order valence-corrected chi connectivity index (χ2v) is 7.00. The first-order valence-corrected chi connectivity index (χ1v) is 9.04. The summed E-state index contributed by atoms with van der Waals surface area (Å²) in [6.07, 6.45) is 4.69. The molecule has 0 saturated heterocycles. The van der Waals surface area contributed by atoms with Gasteiger partial charge in [-0.15, -0.1) is 0 Å². The molecule has 0 spiro atoms. The van der Waals surface area contributed by atoms with Crippen LogP contribution in [0.1, 0.15) is 45.4 Å². The van der Waals surface area contributed by atoms with E-state index in [1.54, 1.807) is 18.2 Å². The lowest BCUT2D eigenvalue weighted by atomic mass is 9.67. The first kappa shape index (κ1) is 17.7. The number of carbonyl (C=O) groups excluding carboxylic acids is 2. The van der Waals surface area contributed by atoms with E-state index < -0.39 is 11.2 Å². The van der Waals surface area contributed by atoms with Crippen LogP contribution in [0.25, 0.3) is 0 Å². The Labute approximate surface area is 147 Å². The highest BCUT2D eigenvalue weighted by Crippen LogP contribution is 2.42. The average Bonchev–Trinajstić information content (AvgIpc) is 3.35. The van der Waals surface area contributed by atoms with Crippen molar-refractivity contribution in [1.29, 1.82) is 0 Å². The predicted molar refractivity (Wildman–Crippen MR) is 91.6 cm³/mol. The smallest absolute Gasteiger partial charge is 0.236 e. The minimum absolute atomic E-state index is 0.149. The van der Waals surface area contributed by atoms with E-state index in [0.717, 1.165) is 19.3 Å². The summed E-state index contributed by atoms with van der Waals surface area (Å²) in [7, 11) is 0. The SMILES string of the molecule is CCC(COc1ccccc1F)NC(=O)C1(C(=O)NC2CC2)CCC1. The Kier molecular flexibility index (Phi) is 5.25. The molecule has 3 rings (SSSR count). The zero-order valence-corrected chi connectivity index (χ0v) is 14.5. The van der Waals surface area contributed by atoms with E-state index >= 15 is 0 Å². The molecule has 136 valence electrons. The Morgan fingerprint density at radius 3 is 2.56 bits per heavy atom. The number of para-hydroxylation sites is 1. The number of halogens is 1. The summed E-state index contributed by atoms with van der Waals surface area (Å²) < 4.78 is 19.1. The fourth-order valence-corrected chi connectivity index (χ4v) is 2.98. The Morgan fingerprint density at radius 2 is 2.00 bits per heavy atom. The molecule has 2 amide bonds. The van der Waals surface area contributed by atoms with E-state index in [-0.39, 0.29) is 36.3 Å². The highest BCUT2D eigenvalue weighted by Gasteiger charge is 2.52. The van der Waals surface area contributed by atoms with E-state index in [1.807, 2.05) is 6.92 Å². The van der Waals surface area contributed by atoms with Gasteiger partial charge in [-0.1, -0.05) is 25.5 Å². The molecule has 0 radical (unpaired) electrons. The van der Waals surface area contributed by atoms with Crippen LogP contribution in [-0.4, -0.2) is 30.5 Å². The molecule has 0 aromatic heterocycles. The van der Waals surface area contributed by atoms with Gasteiger partial charge in [-0.25, -0.2) is 4.39 Å². The molecule has 1 aromatic rings. The van der Waals surface area contributed by atoms with Crippen LogP contribution in [0, 0.1) is 11.2 Å². The van der Waals surface area contributed by atoms with Crippen molar-refractivity contribution in [1.82, 2.24) is 10.6 Å². The van der Waals surface area contributed by atoms with E-state index in [1.165, 1.54) is 6.07 Å². The number of hydrogen-bond donors (Lipinski definition) is 2. The maximum absolute atomic E-state index is 13.6. The normalized spacial score (nSPS) is 19.4. The first-order chi connectivity index (χ1) is 12.0. The lowest BCUT2D eigenvalue weighted by Crippen LogP contribution is -2.57. The number of nitrogens with one attached hydrogen (secondary N) is 2. The number of amides is 2. The molecule has 25 heavy (non-hydrogen) atoms. The maximum Gasteiger partial charge on any atom is 0.236 e. The van der Waals surface area contributed by atoms with Crippen molar-refractivity contribution in [2.45, 2.75) is 57.5 Å². The number of hydrogen-bond acceptors (Lipinski definition) is 3. The van der Waals surface area contributed by atoms with Gasteiger partial charge in [-0.05, 0) is 44.2 Å². The maximum atomic E-state index is 13.6. The van der Waals surface area contributed by atoms with Gasteiger partial charge in [0.05, 0.1) is 6.04 Å². The van der Waals surface area contributed by atoms with Crippen molar-refractivity contribution in [2.24, 2.45) is 5.41 Å². The average molecular weight is 348 g/mol. The Morgan fingerprint density at radius 1 is 1.28 bits per heavy atom. The molecular weight excluding hydrogens is 323 g/mol. The molecule has 5 nitrogen and oxygen atoms in total. The van der Waals surface area contributed by atoms with Crippen molar-refractivity contribution in [3.8, 4) is 5.75 Å². The van der Waals surface area contributed by atoms with Crippen molar-refractivity contribution in [3.05, 3.63) is 30.1 Å². The second-order valence-electron chi connectivity index (χ2n) is 7.00. The molecule has 6 heteroatoms. The number of carbonyl (C=O) groups is 2. The fraction of sp³-hybridized carbons (Fsp3) is 0.579. The quantitative estimate of drug-likeness (QED) is 0.710. The van der Waals surface area contributed by atoms with Gasteiger partial charge in [-0.3, -0.25) is 9.59 Å². The molecule has 2 saturated carbocycles. The van der Waals surface area contributed by atoms with Crippen LogP contribution in [0.4, 0.5) is 4.39 Å². The highest BCUT2D eigenvalue weighted by atomic mass is 19.1. The van der Waals surface area contributed by atoms with Crippen LogP contribution >= 0.6 is 0 Å². The monoisotopic (exact) mass is 348 g/mol. The minimum Gasteiger partial charge on any atom is -0.488 e. The molecule has 2 aliphatic rings. The van der Waals surface area contributed by atoms with Gasteiger partial charge in [0.2, 0.25) is 11.8 Å². The van der Waals surface area contributed by atoms with Crippen LogP contribution in [0.5, 0.6) is 5.75 Å². The zero-order chi connectivity index (χ0) is 17.9. The molecule has 1 unspecified atom stereocenters. The topological polar surface area (TPSA) is 67.4 Å². The third-order valence-corrected chi connectivity index (χ3v) is 5.09. The van der Waals surface area contributed by atoms with Crippen molar-refractivity contribution in [2.75, 3.05) is 6.61 Å². The third kappa shape index (κ3) is 3.94. The summed E-state index contributed by atoms with van der Waals surface area (Å²) in [5.41, 5.74) is -0.937. The lowest BCUT2D eigenvalue weighted by molar-refractivity contribution is -0.150. The minimum atomic E-state index is -0.937. The molecule has 1 aromatic carbocycles. The number of rotatable bonds is 8. The van der Waals surface area contributed by atoms with Crippen LogP contribution in [0.2, 0.25) is 0 Å². The molecule has 0 aliphatic heterocycles. The van der Waals surface area contributed by atoms with Crippen molar-refractivity contribution < 1.29 is 18.7 Å². The second kappa shape index (κ2) is 7.42. The summed E-state index contributed by atoms with van der Waals surface area (Å²) in [6.45, 7) is 2.09. The van der Waals surface area contributed by atoms with Crippen LogP contribution < -0.4 is 15.4 Å². The zero-order valence-electron chi connectivity index (χ0n) is 14.5.